The first-order valence-electron chi connectivity index (χ1n) is 8.51. The van der Waals surface area contributed by atoms with Gasteiger partial charge in [-0.3, -0.25) is 4.79 Å². The number of phenolic OH excluding ortho intramolecular Hbond substituents is 1. The van der Waals surface area contributed by atoms with Crippen molar-refractivity contribution in [2.45, 2.75) is 24.8 Å². The summed E-state index contributed by atoms with van der Waals surface area (Å²) in [6.07, 6.45) is 4.79. The molecule has 6 nitrogen and oxygen atoms in total. The van der Waals surface area contributed by atoms with E-state index in [0.29, 0.717) is 35.0 Å². The first kappa shape index (κ1) is 15.6. The number of fused-ring (bicyclic) bond motifs is 2. The maximum absolute atomic E-state index is 11.0. The molecule has 6 N–H and O–H groups in total. The zero-order valence-corrected chi connectivity index (χ0v) is 13.9. The molecule has 2 aliphatic rings. The van der Waals surface area contributed by atoms with Crippen LogP contribution in [0.25, 0.3) is 11.8 Å². The first-order valence-corrected chi connectivity index (χ1v) is 8.51. The van der Waals surface area contributed by atoms with Crippen molar-refractivity contribution in [1.29, 1.82) is 0 Å². The molecule has 1 amide bonds. The number of hydrogen-bond donors (Lipinski definition) is 4. The zero-order chi connectivity index (χ0) is 17.6. The van der Waals surface area contributed by atoms with Crippen LogP contribution in [0, 0.1) is 5.92 Å². The maximum atomic E-state index is 11.0. The van der Waals surface area contributed by atoms with E-state index < -0.39 is 0 Å². The van der Waals surface area contributed by atoms with E-state index in [1.165, 1.54) is 0 Å². The standard InChI is InChI=1S/C19H22N4O2/c20-16(14-3-1-2-4-18(14)25)6-11-7-17(22-19(11)21)15-8-13-5-12(15)9-23(13)10-24/h1-4,6-7,10,12-13,15,22,25H,5,8-9,20-21H2/b16-6-/t12-,13?,15?/m0/s1. The summed E-state index contributed by atoms with van der Waals surface area (Å²) in [7, 11) is 0. The fourth-order valence-electron chi connectivity index (χ4n) is 4.29. The molecule has 1 aromatic carbocycles. The largest absolute Gasteiger partial charge is 0.507 e. The number of nitrogens with one attached hydrogen (secondary N) is 1. The van der Waals surface area contributed by atoms with Gasteiger partial charge in [0.05, 0.1) is 0 Å². The van der Waals surface area contributed by atoms with Crippen LogP contribution in [0.1, 0.15) is 35.6 Å². The molecule has 1 aliphatic carbocycles. The number of phenols is 1. The van der Waals surface area contributed by atoms with Crippen LogP contribution in [0.5, 0.6) is 5.75 Å². The van der Waals surface area contributed by atoms with Gasteiger partial charge in [-0.25, -0.2) is 0 Å². The number of rotatable bonds is 4. The fraction of sp³-hybridized carbons (Fsp3) is 0.316. The molecule has 1 aromatic heterocycles. The van der Waals surface area contributed by atoms with Crippen LogP contribution >= 0.6 is 0 Å². The highest BCUT2D eigenvalue weighted by molar-refractivity contribution is 5.84. The average Bonchev–Trinajstić information content (AvgIpc) is 3.29. The van der Waals surface area contributed by atoms with E-state index in [9.17, 15) is 9.90 Å². The minimum Gasteiger partial charge on any atom is -0.507 e. The number of benzene rings is 1. The lowest BCUT2D eigenvalue weighted by Crippen LogP contribution is -2.33. The molecule has 130 valence electrons. The molecule has 1 saturated heterocycles. The van der Waals surface area contributed by atoms with Gasteiger partial charge in [0, 0.05) is 41.0 Å². The Labute approximate surface area is 146 Å². The number of aromatic hydroxyl groups is 1. The van der Waals surface area contributed by atoms with Crippen LogP contribution in [-0.4, -0.2) is 34.0 Å². The van der Waals surface area contributed by atoms with Crippen LogP contribution in [-0.2, 0) is 4.79 Å². The minimum absolute atomic E-state index is 0.146. The lowest BCUT2D eigenvalue weighted by Gasteiger charge is -2.28. The summed E-state index contributed by atoms with van der Waals surface area (Å²) >= 11 is 0. The summed E-state index contributed by atoms with van der Waals surface area (Å²) in [6.45, 7) is 0.822. The van der Waals surface area contributed by atoms with Gasteiger partial charge in [0.1, 0.15) is 11.6 Å². The van der Waals surface area contributed by atoms with E-state index in [1.54, 1.807) is 24.3 Å². The van der Waals surface area contributed by atoms with Crippen LogP contribution in [0.15, 0.2) is 30.3 Å². The van der Waals surface area contributed by atoms with Gasteiger partial charge in [-0.15, -0.1) is 0 Å². The second kappa shape index (κ2) is 5.88. The monoisotopic (exact) mass is 338 g/mol. The Morgan fingerprint density at radius 1 is 1.32 bits per heavy atom. The van der Waals surface area contributed by atoms with Crippen molar-refractivity contribution >= 4 is 24.0 Å². The third-order valence-electron chi connectivity index (χ3n) is 5.55. The highest BCUT2D eigenvalue weighted by atomic mass is 16.3. The third-order valence-corrected chi connectivity index (χ3v) is 5.55. The second-order valence-electron chi connectivity index (χ2n) is 7.00. The number of anilines is 1. The first-order chi connectivity index (χ1) is 12.1. The van der Waals surface area contributed by atoms with E-state index >= 15 is 0 Å². The number of hydrogen-bond acceptors (Lipinski definition) is 4. The number of nitrogens with two attached hydrogens (primary N) is 2. The number of nitrogens with zero attached hydrogens (tertiary/aromatic N) is 1. The Balaban J connectivity index is 1.59. The molecule has 1 saturated carbocycles. The van der Waals surface area contributed by atoms with Gasteiger partial charge >= 0.3 is 0 Å². The number of carbonyl (C=O) groups excluding carboxylic acids is 1. The van der Waals surface area contributed by atoms with Crippen molar-refractivity contribution in [2.75, 3.05) is 12.3 Å². The summed E-state index contributed by atoms with van der Waals surface area (Å²) in [5, 5.41) is 9.93. The van der Waals surface area contributed by atoms with E-state index in [1.807, 2.05) is 17.0 Å². The molecule has 6 heteroatoms. The molecule has 2 fully saturated rings. The Hall–Kier alpha value is -2.89. The van der Waals surface area contributed by atoms with Gasteiger partial charge in [-0.2, -0.15) is 0 Å². The summed E-state index contributed by atoms with van der Waals surface area (Å²) in [4.78, 5) is 16.2. The van der Waals surface area contributed by atoms with E-state index in [4.69, 9.17) is 11.5 Å². The van der Waals surface area contributed by atoms with Crippen molar-refractivity contribution in [1.82, 2.24) is 9.88 Å². The quantitative estimate of drug-likeness (QED) is 0.640. The molecule has 0 radical (unpaired) electrons. The lowest BCUT2D eigenvalue weighted by molar-refractivity contribution is -0.119. The number of likely N-dealkylation sites (tertiary alicyclic amines) is 1. The smallest absolute Gasteiger partial charge is 0.209 e. The van der Waals surface area contributed by atoms with Crippen LogP contribution < -0.4 is 11.5 Å². The maximum Gasteiger partial charge on any atom is 0.209 e. The molecule has 2 heterocycles. The van der Waals surface area contributed by atoms with Gasteiger partial charge in [-0.1, -0.05) is 12.1 Å². The Morgan fingerprint density at radius 2 is 2.12 bits per heavy atom. The minimum atomic E-state index is 0.146. The molecule has 3 atom stereocenters. The van der Waals surface area contributed by atoms with Gasteiger partial charge < -0.3 is 26.5 Å². The third kappa shape index (κ3) is 2.63. The lowest BCUT2D eigenvalue weighted by atomic mass is 9.91. The average molecular weight is 338 g/mol. The Morgan fingerprint density at radius 3 is 2.80 bits per heavy atom. The summed E-state index contributed by atoms with van der Waals surface area (Å²) < 4.78 is 0. The van der Waals surface area contributed by atoms with Crippen molar-refractivity contribution < 1.29 is 9.90 Å². The zero-order valence-electron chi connectivity index (χ0n) is 13.9. The number of aromatic amines is 1. The molecule has 2 bridgehead atoms. The molecular formula is C19H22N4O2. The highest BCUT2D eigenvalue weighted by Crippen LogP contribution is 2.47. The van der Waals surface area contributed by atoms with Gasteiger partial charge in [-0.05, 0) is 43.0 Å². The Bertz CT molecular complexity index is 842. The summed E-state index contributed by atoms with van der Waals surface area (Å²) in [5.41, 5.74) is 15.3. The topological polar surface area (TPSA) is 108 Å². The van der Waals surface area contributed by atoms with Gasteiger partial charge in [0.2, 0.25) is 6.41 Å². The Kier molecular flexibility index (Phi) is 3.67. The van der Waals surface area contributed by atoms with Gasteiger partial charge in [0.15, 0.2) is 0 Å². The number of H-pyrrole nitrogens is 1. The number of carbonyl (C=O) groups is 1. The molecule has 1 aliphatic heterocycles. The van der Waals surface area contributed by atoms with E-state index in [-0.39, 0.29) is 5.75 Å². The van der Waals surface area contributed by atoms with Crippen LogP contribution in [0.2, 0.25) is 0 Å². The molecule has 25 heavy (non-hydrogen) atoms. The van der Waals surface area contributed by atoms with Crippen LogP contribution in [0.4, 0.5) is 5.82 Å². The van der Waals surface area contributed by atoms with Crippen molar-refractivity contribution in [3.63, 3.8) is 0 Å². The summed E-state index contributed by atoms with van der Waals surface area (Å²) in [6, 6.07) is 9.36. The number of para-hydroxylation sites is 1. The predicted molar refractivity (Wildman–Crippen MR) is 97.4 cm³/mol. The number of piperidine rings is 1. The second-order valence-corrected chi connectivity index (χ2v) is 7.00. The van der Waals surface area contributed by atoms with E-state index in [2.05, 4.69) is 4.98 Å². The normalized spacial score (nSPS) is 25.5. The number of aromatic nitrogens is 1. The molecule has 4 rings (SSSR count). The number of amides is 1. The SMILES string of the molecule is N/C(=C\c1cc(C2CC3C[C@H]2CN3C=O)[nH]c1N)c1ccccc1O. The van der Waals surface area contributed by atoms with Crippen molar-refractivity contribution in [3.05, 3.63) is 47.2 Å². The highest BCUT2D eigenvalue weighted by Gasteiger charge is 2.45. The van der Waals surface area contributed by atoms with Gasteiger partial charge in [0.25, 0.3) is 0 Å². The number of nitrogen functional groups attached to an aromatic ring is 1. The van der Waals surface area contributed by atoms with Crippen molar-refractivity contribution in [3.8, 4) is 5.75 Å². The van der Waals surface area contributed by atoms with E-state index in [0.717, 1.165) is 37.1 Å². The summed E-state index contributed by atoms with van der Waals surface area (Å²) in [5.74, 6) is 1.61. The molecule has 2 unspecified atom stereocenters. The van der Waals surface area contributed by atoms with Crippen LogP contribution in [0.3, 0.4) is 0 Å². The van der Waals surface area contributed by atoms with Crippen molar-refractivity contribution in [2.24, 2.45) is 11.7 Å². The molecule has 2 aromatic rings. The fourth-order valence-corrected chi connectivity index (χ4v) is 4.29. The predicted octanol–water partition coefficient (Wildman–Crippen LogP) is 2.09. The molecule has 0 spiro atoms. The molecular weight excluding hydrogens is 316 g/mol.